The second-order valence-electron chi connectivity index (χ2n) is 8.48. The van der Waals surface area contributed by atoms with Crippen molar-refractivity contribution in [3.63, 3.8) is 0 Å². The van der Waals surface area contributed by atoms with Crippen molar-refractivity contribution in [2.45, 2.75) is 38.1 Å². The van der Waals surface area contributed by atoms with E-state index in [4.69, 9.17) is 5.73 Å². The first-order valence-electron chi connectivity index (χ1n) is 11.2. The third-order valence-electron chi connectivity index (χ3n) is 6.31. The van der Waals surface area contributed by atoms with E-state index in [0.717, 1.165) is 50.3 Å². The van der Waals surface area contributed by atoms with Crippen LogP contribution in [-0.4, -0.2) is 59.3 Å². The summed E-state index contributed by atoms with van der Waals surface area (Å²) in [6.45, 7) is 4.57. The van der Waals surface area contributed by atoms with Crippen LogP contribution >= 0.6 is 0 Å². The van der Waals surface area contributed by atoms with Gasteiger partial charge in [0, 0.05) is 31.2 Å². The number of piperidine rings is 1. The van der Waals surface area contributed by atoms with Crippen molar-refractivity contribution in [1.29, 1.82) is 0 Å². The minimum absolute atomic E-state index is 0.220. The number of amides is 2. The topological polar surface area (TPSA) is 91.6 Å². The first-order valence-corrected chi connectivity index (χ1v) is 11.2. The molecule has 0 aliphatic carbocycles. The van der Waals surface area contributed by atoms with E-state index in [1.807, 2.05) is 41.3 Å². The van der Waals surface area contributed by atoms with E-state index in [1.54, 1.807) is 6.07 Å². The summed E-state index contributed by atoms with van der Waals surface area (Å²) in [6, 6.07) is 13.4. The van der Waals surface area contributed by atoms with Gasteiger partial charge < -0.3 is 16.0 Å². The molecule has 7 heteroatoms. The van der Waals surface area contributed by atoms with Gasteiger partial charge in [-0.1, -0.05) is 30.3 Å². The number of rotatable bonds is 6. The summed E-state index contributed by atoms with van der Waals surface area (Å²) >= 11 is 0. The van der Waals surface area contributed by atoms with Gasteiger partial charge in [-0.25, -0.2) is 4.98 Å². The normalized spacial score (nSPS) is 17.6. The second-order valence-corrected chi connectivity index (χ2v) is 8.48. The standard InChI is InChI=1S/C24H31N5O2/c25-23-20(24(31)26-16-18-6-2-1-3-7-18)8-9-21(27-23)19-10-14-29(15-11-19)22(30)17-28-12-4-5-13-28/h1-3,6-9,19H,4-5,10-17H2,(H2,25,27)(H,26,31). The molecule has 31 heavy (non-hydrogen) atoms. The number of nitrogens with one attached hydrogen (secondary N) is 1. The molecule has 3 N–H and O–H groups in total. The Hall–Kier alpha value is -2.93. The van der Waals surface area contributed by atoms with Gasteiger partial charge in [0.25, 0.3) is 5.91 Å². The van der Waals surface area contributed by atoms with Gasteiger partial charge in [0.05, 0.1) is 12.1 Å². The largest absolute Gasteiger partial charge is 0.383 e. The number of aromatic nitrogens is 1. The number of carbonyl (C=O) groups is 2. The van der Waals surface area contributed by atoms with E-state index in [1.165, 1.54) is 12.8 Å². The first kappa shape index (κ1) is 21.3. The molecular formula is C24H31N5O2. The van der Waals surface area contributed by atoms with Gasteiger partial charge in [-0.3, -0.25) is 14.5 Å². The lowest BCUT2D eigenvalue weighted by molar-refractivity contribution is -0.133. The van der Waals surface area contributed by atoms with Crippen LogP contribution in [0.5, 0.6) is 0 Å². The van der Waals surface area contributed by atoms with Crippen molar-refractivity contribution >= 4 is 17.6 Å². The fourth-order valence-electron chi connectivity index (χ4n) is 4.44. The van der Waals surface area contributed by atoms with Crippen molar-refractivity contribution in [1.82, 2.24) is 20.1 Å². The Morgan fingerprint density at radius 2 is 1.71 bits per heavy atom. The van der Waals surface area contributed by atoms with Crippen molar-refractivity contribution in [3.05, 3.63) is 59.3 Å². The summed E-state index contributed by atoms with van der Waals surface area (Å²) in [4.78, 5) is 33.8. The molecule has 4 rings (SSSR count). The number of hydrogen-bond acceptors (Lipinski definition) is 5. The Morgan fingerprint density at radius 1 is 1.00 bits per heavy atom. The van der Waals surface area contributed by atoms with E-state index >= 15 is 0 Å². The lowest BCUT2D eigenvalue weighted by Crippen LogP contribution is -2.43. The van der Waals surface area contributed by atoms with E-state index in [-0.39, 0.29) is 23.6 Å². The Labute approximate surface area is 183 Å². The molecule has 1 aromatic heterocycles. The quantitative estimate of drug-likeness (QED) is 0.747. The van der Waals surface area contributed by atoms with Gasteiger partial charge in [0.2, 0.25) is 5.91 Å². The number of nitrogen functional groups attached to an aromatic ring is 1. The van der Waals surface area contributed by atoms with Crippen LogP contribution in [0, 0.1) is 0 Å². The summed E-state index contributed by atoms with van der Waals surface area (Å²) in [5.41, 5.74) is 8.46. The summed E-state index contributed by atoms with van der Waals surface area (Å²) in [7, 11) is 0. The van der Waals surface area contributed by atoms with Crippen LogP contribution in [0.1, 0.15) is 53.2 Å². The van der Waals surface area contributed by atoms with E-state index in [9.17, 15) is 9.59 Å². The average molecular weight is 422 g/mol. The number of benzene rings is 1. The first-order chi connectivity index (χ1) is 15.1. The molecule has 2 aromatic rings. The molecule has 0 radical (unpaired) electrons. The molecule has 2 aliphatic heterocycles. The van der Waals surface area contributed by atoms with E-state index < -0.39 is 0 Å². The molecule has 0 unspecified atom stereocenters. The monoisotopic (exact) mass is 421 g/mol. The number of hydrogen-bond donors (Lipinski definition) is 2. The van der Waals surface area contributed by atoms with Crippen LogP contribution in [0.3, 0.4) is 0 Å². The predicted molar refractivity (Wildman–Crippen MR) is 120 cm³/mol. The summed E-state index contributed by atoms with van der Waals surface area (Å²) in [5.74, 6) is 0.538. The number of anilines is 1. The van der Waals surface area contributed by atoms with E-state index in [0.29, 0.717) is 18.7 Å². The molecule has 2 amide bonds. The number of likely N-dealkylation sites (tertiary alicyclic amines) is 2. The van der Waals surface area contributed by atoms with Crippen LogP contribution in [0.25, 0.3) is 0 Å². The van der Waals surface area contributed by atoms with Crippen molar-refractivity contribution in [2.24, 2.45) is 0 Å². The van der Waals surface area contributed by atoms with Crippen LogP contribution in [0.4, 0.5) is 5.82 Å². The molecule has 2 aliphatic rings. The van der Waals surface area contributed by atoms with Gasteiger partial charge in [0.1, 0.15) is 5.82 Å². The minimum Gasteiger partial charge on any atom is -0.383 e. The van der Waals surface area contributed by atoms with Crippen molar-refractivity contribution in [3.8, 4) is 0 Å². The highest BCUT2D eigenvalue weighted by atomic mass is 16.2. The molecule has 2 saturated heterocycles. The zero-order valence-electron chi connectivity index (χ0n) is 17.9. The fraction of sp³-hybridized carbons (Fsp3) is 0.458. The number of carbonyl (C=O) groups excluding carboxylic acids is 2. The van der Waals surface area contributed by atoms with Crippen molar-refractivity contribution in [2.75, 3.05) is 38.5 Å². The SMILES string of the molecule is Nc1nc(C2CCN(C(=O)CN3CCCC3)CC2)ccc1C(=O)NCc1ccccc1. The molecule has 7 nitrogen and oxygen atoms in total. The van der Waals surface area contributed by atoms with Crippen LogP contribution < -0.4 is 11.1 Å². The van der Waals surface area contributed by atoms with Gasteiger partial charge in [0.15, 0.2) is 0 Å². The third-order valence-corrected chi connectivity index (χ3v) is 6.31. The lowest BCUT2D eigenvalue weighted by Gasteiger charge is -2.33. The Balaban J connectivity index is 1.30. The summed E-state index contributed by atoms with van der Waals surface area (Å²) in [6.07, 6.45) is 4.14. The number of nitrogens with two attached hydrogens (primary N) is 1. The smallest absolute Gasteiger partial charge is 0.255 e. The molecular weight excluding hydrogens is 390 g/mol. The molecule has 0 bridgehead atoms. The van der Waals surface area contributed by atoms with E-state index in [2.05, 4.69) is 15.2 Å². The number of pyridine rings is 1. The summed E-state index contributed by atoms with van der Waals surface area (Å²) < 4.78 is 0. The maximum atomic E-state index is 12.5. The van der Waals surface area contributed by atoms with Gasteiger partial charge >= 0.3 is 0 Å². The molecule has 1 aromatic carbocycles. The zero-order valence-corrected chi connectivity index (χ0v) is 17.9. The Morgan fingerprint density at radius 3 is 2.39 bits per heavy atom. The molecule has 3 heterocycles. The molecule has 0 atom stereocenters. The maximum Gasteiger partial charge on any atom is 0.255 e. The van der Waals surface area contributed by atoms with Gasteiger partial charge in [-0.15, -0.1) is 0 Å². The molecule has 164 valence electrons. The van der Waals surface area contributed by atoms with Gasteiger partial charge in [-0.05, 0) is 56.5 Å². The zero-order chi connectivity index (χ0) is 21.6. The van der Waals surface area contributed by atoms with Crippen LogP contribution in [-0.2, 0) is 11.3 Å². The lowest BCUT2D eigenvalue weighted by atomic mass is 9.92. The van der Waals surface area contributed by atoms with Crippen LogP contribution in [0.2, 0.25) is 0 Å². The van der Waals surface area contributed by atoms with Crippen LogP contribution in [0.15, 0.2) is 42.5 Å². The third kappa shape index (κ3) is 5.41. The highest BCUT2D eigenvalue weighted by molar-refractivity contribution is 5.98. The Kier molecular flexibility index (Phi) is 6.82. The summed E-state index contributed by atoms with van der Waals surface area (Å²) in [5, 5.41) is 2.90. The Bertz CT molecular complexity index is 903. The fourth-order valence-corrected chi connectivity index (χ4v) is 4.44. The second kappa shape index (κ2) is 9.92. The average Bonchev–Trinajstić information content (AvgIpc) is 3.31. The molecule has 0 saturated carbocycles. The predicted octanol–water partition coefficient (Wildman–Crippen LogP) is 2.40. The number of nitrogens with zero attached hydrogens (tertiary/aromatic N) is 3. The van der Waals surface area contributed by atoms with Crippen molar-refractivity contribution < 1.29 is 9.59 Å². The minimum atomic E-state index is -0.220. The maximum absolute atomic E-state index is 12.5. The highest BCUT2D eigenvalue weighted by Gasteiger charge is 2.27. The molecule has 2 fully saturated rings. The highest BCUT2D eigenvalue weighted by Crippen LogP contribution is 2.28. The molecule has 0 spiro atoms. The van der Waals surface area contributed by atoms with Gasteiger partial charge in [-0.2, -0.15) is 0 Å².